The fraction of sp³-hybridized carbons (Fsp3) is 0.200. The molecule has 0 unspecified atom stereocenters. The van der Waals surface area contributed by atoms with Gasteiger partial charge in [-0.3, -0.25) is 9.69 Å². The number of benzene rings is 3. The standard InChI is InChI=1S/C25H24N2O3S/c1-16-10-17(2)23-22(11-16)31-25(26-23)27(15-18-8-6-5-7-9-18)24(28)19-12-20(29-3)14-21(13-19)30-4/h5-14H,15H2,1-4H3. The van der Waals surface area contributed by atoms with Gasteiger partial charge in [0, 0.05) is 11.6 Å². The first-order valence-corrected chi connectivity index (χ1v) is 10.8. The Morgan fingerprint density at radius 3 is 2.29 bits per heavy atom. The molecule has 31 heavy (non-hydrogen) atoms. The van der Waals surface area contributed by atoms with E-state index in [0.717, 1.165) is 21.3 Å². The first-order chi connectivity index (χ1) is 15.0. The van der Waals surface area contributed by atoms with Crippen LogP contribution in [0.2, 0.25) is 0 Å². The van der Waals surface area contributed by atoms with Gasteiger partial charge in [0.05, 0.1) is 31.0 Å². The maximum atomic E-state index is 13.7. The van der Waals surface area contributed by atoms with E-state index < -0.39 is 0 Å². The Balaban J connectivity index is 1.82. The molecule has 1 aromatic heterocycles. The molecular formula is C25H24N2O3S. The number of hydrogen-bond acceptors (Lipinski definition) is 5. The molecule has 1 amide bonds. The van der Waals surface area contributed by atoms with E-state index in [9.17, 15) is 4.79 Å². The van der Waals surface area contributed by atoms with Crippen molar-refractivity contribution in [1.82, 2.24) is 4.98 Å². The molecule has 3 aromatic carbocycles. The van der Waals surface area contributed by atoms with Gasteiger partial charge in [-0.25, -0.2) is 4.98 Å². The van der Waals surface area contributed by atoms with Gasteiger partial charge < -0.3 is 9.47 Å². The zero-order valence-corrected chi connectivity index (χ0v) is 18.8. The van der Waals surface area contributed by atoms with E-state index in [2.05, 4.69) is 26.0 Å². The Morgan fingerprint density at radius 2 is 1.65 bits per heavy atom. The van der Waals surface area contributed by atoms with Gasteiger partial charge in [0.2, 0.25) is 0 Å². The normalized spacial score (nSPS) is 10.8. The number of carbonyl (C=O) groups is 1. The maximum absolute atomic E-state index is 13.7. The second kappa shape index (κ2) is 8.78. The molecule has 0 spiro atoms. The Morgan fingerprint density at radius 1 is 0.968 bits per heavy atom. The summed E-state index contributed by atoms with van der Waals surface area (Å²) in [5.74, 6) is 0.978. The molecule has 0 aliphatic carbocycles. The van der Waals surface area contributed by atoms with Crippen molar-refractivity contribution in [3.05, 3.63) is 82.9 Å². The number of aromatic nitrogens is 1. The largest absolute Gasteiger partial charge is 0.497 e. The minimum absolute atomic E-state index is 0.158. The number of anilines is 1. The molecule has 4 rings (SSSR count). The lowest BCUT2D eigenvalue weighted by Gasteiger charge is -2.21. The van der Waals surface area contributed by atoms with Crippen molar-refractivity contribution in [1.29, 1.82) is 0 Å². The van der Waals surface area contributed by atoms with Crippen LogP contribution in [0.15, 0.2) is 60.7 Å². The highest BCUT2D eigenvalue weighted by Gasteiger charge is 2.23. The summed E-state index contributed by atoms with van der Waals surface area (Å²) >= 11 is 1.53. The molecule has 4 aromatic rings. The quantitative estimate of drug-likeness (QED) is 0.388. The summed E-state index contributed by atoms with van der Waals surface area (Å²) in [4.78, 5) is 20.3. The summed E-state index contributed by atoms with van der Waals surface area (Å²) in [7, 11) is 3.15. The second-order valence-electron chi connectivity index (χ2n) is 7.40. The molecule has 158 valence electrons. The van der Waals surface area contributed by atoms with Crippen LogP contribution in [0.25, 0.3) is 10.2 Å². The van der Waals surface area contributed by atoms with Gasteiger partial charge in [-0.1, -0.05) is 47.7 Å². The summed E-state index contributed by atoms with van der Waals surface area (Å²) in [6, 6.07) is 19.4. The Labute approximate surface area is 185 Å². The number of aryl methyl sites for hydroxylation is 2. The fourth-order valence-electron chi connectivity index (χ4n) is 3.55. The SMILES string of the molecule is COc1cc(OC)cc(C(=O)N(Cc2ccccc2)c2nc3c(C)cc(C)cc3s2)c1. The number of hydrogen-bond donors (Lipinski definition) is 0. The van der Waals surface area contributed by atoms with Crippen LogP contribution >= 0.6 is 11.3 Å². The topological polar surface area (TPSA) is 51.7 Å². The summed E-state index contributed by atoms with van der Waals surface area (Å²) in [5, 5.41) is 0.666. The second-order valence-corrected chi connectivity index (χ2v) is 8.41. The Hall–Kier alpha value is -3.38. The maximum Gasteiger partial charge on any atom is 0.260 e. The van der Waals surface area contributed by atoms with Gasteiger partial charge in [-0.2, -0.15) is 0 Å². The molecule has 1 heterocycles. The molecule has 0 atom stereocenters. The average molecular weight is 433 g/mol. The minimum Gasteiger partial charge on any atom is -0.497 e. The molecule has 0 saturated carbocycles. The van der Waals surface area contributed by atoms with Crippen molar-refractivity contribution in [2.45, 2.75) is 20.4 Å². The van der Waals surface area contributed by atoms with Crippen LogP contribution in [0.1, 0.15) is 27.0 Å². The number of rotatable bonds is 6. The van der Waals surface area contributed by atoms with E-state index in [0.29, 0.717) is 28.7 Å². The molecule has 0 saturated heterocycles. The number of carbonyl (C=O) groups excluding carboxylic acids is 1. The monoisotopic (exact) mass is 432 g/mol. The zero-order chi connectivity index (χ0) is 22.0. The average Bonchev–Trinajstić information content (AvgIpc) is 3.21. The van der Waals surface area contributed by atoms with Crippen LogP contribution in [0, 0.1) is 13.8 Å². The fourth-order valence-corrected chi connectivity index (χ4v) is 4.69. The van der Waals surface area contributed by atoms with E-state index in [1.165, 1.54) is 16.9 Å². The van der Waals surface area contributed by atoms with Crippen molar-refractivity contribution in [2.75, 3.05) is 19.1 Å². The smallest absolute Gasteiger partial charge is 0.260 e. The van der Waals surface area contributed by atoms with Gasteiger partial charge in [-0.15, -0.1) is 0 Å². The highest BCUT2D eigenvalue weighted by atomic mass is 32.1. The predicted molar refractivity (Wildman–Crippen MR) is 126 cm³/mol. The summed E-state index contributed by atoms with van der Waals surface area (Å²) in [6.45, 7) is 4.54. The zero-order valence-electron chi connectivity index (χ0n) is 18.0. The lowest BCUT2D eigenvalue weighted by molar-refractivity contribution is 0.0984. The molecular weight excluding hydrogens is 408 g/mol. The van der Waals surface area contributed by atoms with Gasteiger partial charge in [0.25, 0.3) is 5.91 Å². The first kappa shape index (κ1) is 20.9. The van der Waals surface area contributed by atoms with E-state index in [1.807, 2.05) is 30.3 Å². The third-order valence-electron chi connectivity index (χ3n) is 5.08. The van der Waals surface area contributed by atoms with Crippen LogP contribution in [-0.2, 0) is 6.54 Å². The van der Waals surface area contributed by atoms with Crippen LogP contribution in [-0.4, -0.2) is 25.1 Å². The third kappa shape index (κ3) is 4.39. The van der Waals surface area contributed by atoms with Gasteiger partial charge >= 0.3 is 0 Å². The molecule has 0 aliphatic rings. The van der Waals surface area contributed by atoms with Crippen molar-refractivity contribution in [3.63, 3.8) is 0 Å². The van der Waals surface area contributed by atoms with Crippen LogP contribution in [0.4, 0.5) is 5.13 Å². The highest BCUT2D eigenvalue weighted by molar-refractivity contribution is 7.22. The van der Waals surface area contributed by atoms with Gasteiger partial charge in [0.15, 0.2) is 5.13 Å². The van der Waals surface area contributed by atoms with E-state index in [4.69, 9.17) is 14.5 Å². The highest BCUT2D eigenvalue weighted by Crippen LogP contribution is 2.34. The van der Waals surface area contributed by atoms with Crippen LogP contribution in [0.3, 0.4) is 0 Å². The lowest BCUT2D eigenvalue weighted by atomic mass is 10.1. The molecule has 6 heteroatoms. The number of nitrogens with zero attached hydrogens (tertiary/aromatic N) is 2. The van der Waals surface area contributed by atoms with E-state index >= 15 is 0 Å². The van der Waals surface area contributed by atoms with Crippen molar-refractivity contribution in [2.24, 2.45) is 0 Å². The summed E-state index contributed by atoms with van der Waals surface area (Å²) in [6.07, 6.45) is 0. The number of fused-ring (bicyclic) bond motifs is 1. The Kier molecular flexibility index (Phi) is 5.91. The summed E-state index contributed by atoms with van der Waals surface area (Å²) in [5.41, 5.74) is 4.73. The third-order valence-corrected chi connectivity index (χ3v) is 6.10. The van der Waals surface area contributed by atoms with Crippen LogP contribution < -0.4 is 14.4 Å². The van der Waals surface area contributed by atoms with Crippen molar-refractivity contribution >= 4 is 32.6 Å². The van der Waals surface area contributed by atoms with Crippen molar-refractivity contribution < 1.29 is 14.3 Å². The van der Waals surface area contributed by atoms with Crippen molar-refractivity contribution in [3.8, 4) is 11.5 Å². The molecule has 0 N–H and O–H groups in total. The molecule has 5 nitrogen and oxygen atoms in total. The van der Waals surface area contributed by atoms with Crippen LogP contribution in [0.5, 0.6) is 11.5 Å². The Bertz CT molecular complexity index is 1210. The molecule has 0 radical (unpaired) electrons. The number of methoxy groups -OCH3 is 2. The number of thiazole rings is 1. The molecule has 0 bridgehead atoms. The minimum atomic E-state index is -0.158. The van der Waals surface area contributed by atoms with Gasteiger partial charge in [0.1, 0.15) is 11.5 Å². The number of amides is 1. The van der Waals surface area contributed by atoms with E-state index in [-0.39, 0.29) is 5.91 Å². The number of ether oxygens (including phenoxy) is 2. The first-order valence-electron chi connectivity index (χ1n) is 9.95. The van der Waals surface area contributed by atoms with Gasteiger partial charge in [-0.05, 0) is 48.7 Å². The van der Waals surface area contributed by atoms with E-state index in [1.54, 1.807) is 37.3 Å². The lowest BCUT2D eigenvalue weighted by Crippen LogP contribution is -2.30. The molecule has 0 fully saturated rings. The molecule has 0 aliphatic heterocycles. The predicted octanol–water partition coefficient (Wildman–Crippen LogP) is 5.78. The summed E-state index contributed by atoms with van der Waals surface area (Å²) < 4.78 is 11.8.